The van der Waals surface area contributed by atoms with E-state index in [9.17, 15) is 13.2 Å². The van der Waals surface area contributed by atoms with E-state index in [1.165, 1.54) is 4.90 Å². The molecule has 0 aromatic carbocycles. The zero-order valence-corrected chi connectivity index (χ0v) is 14.8. The van der Waals surface area contributed by atoms with Gasteiger partial charge >= 0.3 is 16.4 Å². The van der Waals surface area contributed by atoms with Gasteiger partial charge in [0.05, 0.1) is 6.04 Å². The average molecular weight is 399 g/mol. The van der Waals surface area contributed by atoms with Crippen LogP contribution in [0.5, 0.6) is 0 Å². The van der Waals surface area contributed by atoms with E-state index < -0.39 is 28.5 Å². The Morgan fingerprint density at radius 2 is 2.07 bits per heavy atom. The number of carbonyl (C=O) groups is 1. The zero-order valence-electron chi connectivity index (χ0n) is 14.0. The summed E-state index contributed by atoms with van der Waals surface area (Å²) in [6, 6.07) is -1.93. The van der Waals surface area contributed by atoms with Crippen LogP contribution in [-0.2, 0) is 14.7 Å². The van der Waals surface area contributed by atoms with Gasteiger partial charge in [0, 0.05) is 13.1 Å². The normalized spacial score (nSPS) is 31.4. The number of hydrogen-bond acceptors (Lipinski definition) is 8. The number of guanidine groups is 1. The van der Waals surface area contributed by atoms with E-state index in [-0.39, 0.29) is 29.9 Å². The molecular formula is C13H17N7O6S. The highest BCUT2D eigenvalue weighted by molar-refractivity contribution is 7.80. The van der Waals surface area contributed by atoms with Gasteiger partial charge in [0.25, 0.3) is 0 Å². The van der Waals surface area contributed by atoms with Crippen LogP contribution in [0.2, 0.25) is 0 Å². The molecule has 4 heterocycles. The molecule has 4 fully saturated rings. The topological polar surface area (TPSA) is 174 Å². The third-order valence-corrected chi connectivity index (χ3v) is 6.03. The standard InChI is InChI=1S/C13H17N7O6S/c14-11-15-4-6(16-11)9-17-18-10(25-9)7-3-13(1-2-13)8-5-19(7)12(21)20(8)26-27(22,23)24/h6-8H,1-5H2,(H3,14,15,16)(H,22,23,24)/t6-,7+,8+/m1/s1. The molecule has 13 nitrogen and oxygen atoms in total. The predicted octanol–water partition coefficient (Wildman–Crippen LogP) is -0.696. The minimum absolute atomic E-state index is 0.171. The minimum Gasteiger partial charge on any atom is -0.421 e. The van der Waals surface area contributed by atoms with Crippen molar-refractivity contribution in [3.63, 3.8) is 0 Å². The Hall–Kier alpha value is -2.45. The van der Waals surface area contributed by atoms with Crippen LogP contribution >= 0.6 is 0 Å². The predicted molar refractivity (Wildman–Crippen MR) is 85.3 cm³/mol. The van der Waals surface area contributed by atoms with Crippen LogP contribution < -0.4 is 10.6 Å². The van der Waals surface area contributed by atoms with E-state index in [1.807, 2.05) is 0 Å². The van der Waals surface area contributed by atoms with Crippen molar-refractivity contribution in [1.29, 1.82) is 5.41 Å². The molecule has 5 rings (SSSR count). The molecule has 3 saturated heterocycles. The van der Waals surface area contributed by atoms with E-state index in [0.29, 0.717) is 18.9 Å². The molecule has 3 aliphatic heterocycles. The summed E-state index contributed by atoms with van der Waals surface area (Å²) in [5.41, 5.74) is -0.290. The van der Waals surface area contributed by atoms with Crippen LogP contribution in [0.1, 0.15) is 43.1 Å². The van der Waals surface area contributed by atoms with E-state index >= 15 is 0 Å². The second-order valence-electron chi connectivity index (χ2n) is 7.29. The number of aromatic nitrogens is 2. The van der Waals surface area contributed by atoms with Gasteiger partial charge in [-0.2, -0.15) is 13.5 Å². The highest BCUT2D eigenvalue weighted by atomic mass is 32.3. The van der Waals surface area contributed by atoms with Crippen LogP contribution in [-0.4, -0.2) is 64.3 Å². The van der Waals surface area contributed by atoms with Crippen molar-refractivity contribution in [3.8, 4) is 0 Å². The summed E-state index contributed by atoms with van der Waals surface area (Å²) < 4.78 is 41.6. The van der Waals surface area contributed by atoms with Gasteiger partial charge < -0.3 is 20.0 Å². The number of hydrogen-bond donors (Lipinski definition) is 4. The number of fused-ring (bicyclic) bond motifs is 3. The lowest BCUT2D eigenvalue weighted by atomic mass is 9.85. The van der Waals surface area contributed by atoms with Gasteiger partial charge in [-0.1, -0.05) is 0 Å². The molecule has 4 N–H and O–H groups in total. The SMILES string of the molecule is N=C1NC[C@H](c2nnc([C@@H]3CC4(CC4)[C@@H]4CN3C(=O)N4OS(=O)(=O)O)o2)N1. The molecule has 2 bridgehead atoms. The van der Waals surface area contributed by atoms with Crippen LogP contribution in [0.3, 0.4) is 0 Å². The number of carbonyl (C=O) groups excluding carboxylic acids is 1. The molecule has 0 radical (unpaired) electrons. The van der Waals surface area contributed by atoms with E-state index in [1.54, 1.807) is 0 Å². The lowest BCUT2D eigenvalue weighted by Crippen LogP contribution is -2.43. The second kappa shape index (κ2) is 5.30. The largest absolute Gasteiger partial charge is 0.421 e. The van der Waals surface area contributed by atoms with Gasteiger partial charge in [-0.05, 0) is 24.7 Å². The van der Waals surface area contributed by atoms with Gasteiger partial charge in [0.15, 0.2) is 5.96 Å². The molecule has 1 spiro atoms. The first kappa shape index (κ1) is 16.7. The van der Waals surface area contributed by atoms with Crippen LogP contribution in [0.25, 0.3) is 0 Å². The number of amides is 2. The highest BCUT2D eigenvalue weighted by Gasteiger charge is 2.65. The Morgan fingerprint density at radius 3 is 2.70 bits per heavy atom. The quantitative estimate of drug-likeness (QED) is 0.474. The number of urea groups is 1. The molecule has 1 aliphatic carbocycles. The Bertz CT molecular complexity index is 927. The fourth-order valence-electron chi connectivity index (χ4n) is 4.19. The molecule has 0 unspecified atom stereocenters. The van der Waals surface area contributed by atoms with Crippen LogP contribution in [0, 0.1) is 10.8 Å². The molecule has 14 heteroatoms. The van der Waals surface area contributed by atoms with Gasteiger partial charge in [-0.15, -0.1) is 14.5 Å². The van der Waals surface area contributed by atoms with Crippen LogP contribution in [0.15, 0.2) is 4.42 Å². The molecule has 4 aliphatic rings. The summed E-state index contributed by atoms with van der Waals surface area (Å²) in [7, 11) is -4.80. The fraction of sp³-hybridized carbons (Fsp3) is 0.692. The Kier molecular flexibility index (Phi) is 3.28. The smallest absolute Gasteiger partial charge is 0.418 e. The second-order valence-corrected chi connectivity index (χ2v) is 8.30. The van der Waals surface area contributed by atoms with E-state index in [0.717, 1.165) is 17.9 Å². The van der Waals surface area contributed by atoms with Crippen molar-refractivity contribution in [2.24, 2.45) is 5.41 Å². The molecule has 1 aromatic rings. The van der Waals surface area contributed by atoms with Crippen LogP contribution in [0.4, 0.5) is 4.79 Å². The summed E-state index contributed by atoms with van der Waals surface area (Å²) in [5.74, 6) is 0.742. The summed E-state index contributed by atoms with van der Waals surface area (Å²) in [6.45, 7) is 0.695. The summed E-state index contributed by atoms with van der Waals surface area (Å²) >= 11 is 0. The maximum atomic E-state index is 12.7. The fourth-order valence-corrected chi connectivity index (χ4v) is 4.56. The van der Waals surface area contributed by atoms with Crippen molar-refractivity contribution >= 4 is 22.4 Å². The van der Waals surface area contributed by atoms with Gasteiger partial charge in [0.2, 0.25) is 11.8 Å². The third kappa shape index (κ3) is 2.62. The highest BCUT2D eigenvalue weighted by Crippen LogP contribution is 2.61. The van der Waals surface area contributed by atoms with Crippen molar-refractivity contribution < 1.29 is 26.5 Å². The first-order chi connectivity index (χ1) is 12.8. The van der Waals surface area contributed by atoms with Crippen molar-refractivity contribution in [3.05, 3.63) is 11.8 Å². The average Bonchev–Trinajstić information content (AvgIpc) is 2.97. The van der Waals surface area contributed by atoms with Gasteiger partial charge in [-0.25, -0.2) is 4.79 Å². The first-order valence-electron chi connectivity index (χ1n) is 8.45. The number of nitrogens with one attached hydrogen (secondary N) is 3. The van der Waals surface area contributed by atoms with E-state index in [2.05, 4.69) is 25.1 Å². The first-order valence-corrected chi connectivity index (χ1v) is 9.81. The van der Waals surface area contributed by atoms with Gasteiger partial charge in [-0.3, -0.25) is 9.96 Å². The van der Waals surface area contributed by atoms with Crippen molar-refractivity contribution in [2.75, 3.05) is 13.1 Å². The monoisotopic (exact) mass is 399 g/mol. The maximum Gasteiger partial charge on any atom is 0.418 e. The molecule has 1 aromatic heterocycles. The number of rotatable bonds is 4. The Morgan fingerprint density at radius 1 is 1.33 bits per heavy atom. The summed E-state index contributed by atoms with van der Waals surface area (Å²) in [5, 5.41) is 22.1. The van der Waals surface area contributed by atoms with Crippen molar-refractivity contribution in [1.82, 2.24) is 30.8 Å². The Balaban J connectivity index is 1.43. The van der Waals surface area contributed by atoms with Gasteiger partial charge in [0.1, 0.15) is 12.1 Å². The van der Waals surface area contributed by atoms with E-state index in [4.69, 9.17) is 14.4 Å². The molecular weight excluding hydrogens is 382 g/mol. The number of piperidine rings is 1. The number of hydroxylamine groups is 2. The zero-order chi connectivity index (χ0) is 19.0. The number of nitrogens with zero attached hydrogens (tertiary/aromatic N) is 4. The molecule has 2 amide bonds. The molecule has 1 saturated carbocycles. The lowest BCUT2D eigenvalue weighted by molar-refractivity contribution is -0.0530. The summed E-state index contributed by atoms with van der Waals surface area (Å²) in [6.07, 6.45) is 2.17. The Labute approximate surface area is 153 Å². The minimum atomic E-state index is -4.80. The molecule has 146 valence electrons. The molecule has 27 heavy (non-hydrogen) atoms. The molecule has 3 atom stereocenters. The summed E-state index contributed by atoms with van der Waals surface area (Å²) in [4.78, 5) is 14.1. The maximum absolute atomic E-state index is 12.7. The lowest BCUT2D eigenvalue weighted by Gasteiger charge is -2.34. The van der Waals surface area contributed by atoms with Crippen molar-refractivity contribution in [2.45, 2.75) is 37.4 Å². The third-order valence-electron chi connectivity index (χ3n) is 5.68.